The van der Waals surface area contributed by atoms with Gasteiger partial charge in [0, 0.05) is 11.0 Å². The third kappa shape index (κ3) is 4.85. The SMILES string of the molecule is CCCC[N+]1(Cc2ccccc2)CCC(C)CC(C)(C)C1. The number of nitrogens with zero attached hydrogens (tertiary/aromatic N) is 1. The van der Waals surface area contributed by atoms with Gasteiger partial charge in [-0.1, -0.05) is 64.4 Å². The van der Waals surface area contributed by atoms with Crippen molar-refractivity contribution in [2.24, 2.45) is 11.3 Å². The summed E-state index contributed by atoms with van der Waals surface area (Å²) < 4.78 is 1.30. The molecule has 1 aliphatic heterocycles. The molecule has 118 valence electrons. The maximum atomic E-state index is 2.48. The predicted molar refractivity (Wildman–Crippen MR) is 92.1 cm³/mol. The lowest BCUT2D eigenvalue weighted by atomic mass is 9.83. The molecule has 1 aliphatic rings. The maximum absolute atomic E-state index is 2.48. The highest BCUT2D eigenvalue weighted by Gasteiger charge is 2.39. The van der Waals surface area contributed by atoms with Gasteiger partial charge in [0.25, 0.3) is 0 Å². The molecule has 0 aliphatic carbocycles. The van der Waals surface area contributed by atoms with Crippen molar-refractivity contribution in [1.82, 2.24) is 0 Å². The lowest BCUT2D eigenvalue weighted by Crippen LogP contribution is -2.52. The molecule has 1 nitrogen and oxygen atoms in total. The monoisotopic (exact) mass is 288 g/mol. The van der Waals surface area contributed by atoms with Crippen LogP contribution in [0.5, 0.6) is 0 Å². The molecule has 2 rings (SSSR count). The molecular formula is C20H34N+. The van der Waals surface area contributed by atoms with Crippen molar-refractivity contribution < 1.29 is 4.48 Å². The van der Waals surface area contributed by atoms with Gasteiger partial charge >= 0.3 is 0 Å². The van der Waals surface area contributed by atoms with Gasteiger partial charge in [0.05, 0.1) is 19.6 Å². The van der Waals surface area contributed by atoms with Crippen LogP contribution in [0.15, 0.2) is 30.3 Å². The molecular weight excluding hydrogens is 254 g/mol. The van der Waals surface area contributed by atoms with Crippen molar-refractivity contribution in [1.29, 1.82) is 0 Å². The Balaban J connectivity index is 2.22. The van der Waals surface area contributed by atoms with Gasteiger partial charge in [-0.05, 0) is 25.2 Å². The molecule has 1 aromatic carbocycles. The molecule has 1 saturated heterocycles. The molecule has 1 heterocycles. The summed E-state index contributed by atoms with van der Waals surface area (Å²) in [4.78, 5) is 0. The van der Waals surface area contributed by atoms with Crippen LogP contribution in [-0.2, 0) is 6.54 Å². The first-order chi connectivity index (χ1) is 9.95. The molecule has 0 saturated carbocycles. The first kappa shape index (κ1) is 16.5. The largest absolute Gasteiger partial charge is 0.319 e. The average molecular weight is 288 g/mol. The summed E-state index contributed by atoms with van der Waals surface area (Å²) in [5.41, 5.74) is 1.98. The Morgan fingerprint density at radius 2 is 1.90 bits per heavy atom. The van der Waals surface area contributed by atoms with Crippen molar-refractivity contribution in [3.8, 4) is 0 Å². The van der Waals surface area contributed by atoms with E-state index in [1.54, 1.807) is 0 Å². The Bertz CT molecular complexity index is 423. The zero-order valence-electron chi connectivity index (χ0n) is 14.6. The van der Waals surface area contributed by atoms with E-state index in [0.29, 0.717) is 5.41 Å². The van der Waals surface area contributed by atoms with E-state index >= 15 is 0 Å². The van der Waals surface area contributed by atoms with Crippen molar-refractivity contribution in [3.63, 3.8) is 0 Å². The first-order valence-electron chi connectivity index (χ1n) is 8.84. The third-order valence-electron chi connectivity index (χ3n) is 5.11. The lowest BCUT2D eigenvalue weighted by molar-refractivity contribution is -0.945. The molecule has 1 heteroatoms. The number of rotatable bonds is 5. The Labute approximate surface area is 132 Å². The molecule has 0 bridgehead atoms. The minimum Gasteiger partial charge on any atom is -0.319 e. The van der Waals surface area contributed by atoms with Crippen molar-refractivity contribution in [2.45, 2.75) is 59.9 Å². The van der Waals surface area contributed by atoms with Crippen LogP contribution < -0.4 is 0 Å². The average Bonchev–Trinajstić information content (AvgIpc) is 2.54. The first-order valence-corrected chi connectivity index (χ1v) is 8.84. The zero-order valence-corrected chi connectivity index (χ0v) is 14.6. The second-order valence-electron chi connectivity index (χ2n) is 8.21. The maximum Gasteiger partial charge on any atom is 0.104 e. The van der Waals surface area contributed by atoms with Crippen LogP contribution in [0.3, 0.4) is 0 Å². The summed E-state index contributed by atoms with van der Waals surface area (Å²) in [6, 6.07) is 11.1. The molecule has 21 heavy (non-hydrogen) atoms. The van der Waals surface area contributed by atoms with Crippen LogP contribution in [-0.4, -0.2) is 24.1 Å². The molecule has 1 aromatic rings. The van der Waals surface area contributed by atoms with Gasteiger partial charge in [0.15, 0.2) is 0 Å². The predicted octanol–water partition coefficient (Wildman–Crippen LogP) is 5.26. The summed E-state index contributed by atoms with van der Waals surface area (Å²) in [7, 11) is 0. The minimum atomic E-state index is 0.471. The summed E-state index contributed by atoms with van der Waals surface area (Å²) in [5, 5.41) is 0. The molecule has 2 unspecified atom stereocenters. The summed E-state index contributed by atoms with van der Waals surface area (Å²) in [5.74, 6) is 0.873. The fraction of sp³-hybridized carbons (Fsp3) is 0.700. The number of quaternary nitrogens is 1. The number of hydrogen-bond acceptors (Lipinski definition) is 0. The number of benzene rings is 1. The fourth-order valence-corrected chi connectivity index (χ4v) is 4.46. The van der Waals surface area contributed by atoms with Gasteiger partial charge in [0.1, 0.15) is 6.54 Å². The van der Waals surface area contributed by atoms with E-state index in [9.17, 15) is 0 Å². The van der Waals surface area contributed by atoms with Crippen molar-refractivity contribution in [3.05, 3.63) is 35.9 Å². The normalized spacial score (nSPS) is 29.0. The molecule has 0 N–H and O–H groups in total. The molecule has 2 atom stereocenters. The van der Waals surface area contributed by atoms with Crippen LogP contribution in [0, 0.1) is 11.3 Å². The molecule has 0 spiro atoms. The van der Waals surface area contributed by atoms with Crippen LogP contribution in [0.25, 0.3) is 0 Å². The van der Waals surface area contributed by atoms with E-state index in [4.69, 9.17) is 0 Å². The zero-order chi connectivity index (χ0) is 15.3. The van der Waals surface area contributed by atoms with Crippen LogP contribution >= 0.6 is 0 Å². The Hall–Kier alpha value is -0.820. The number of hydrogen-bond donors (Lipinski definition) is 0. The lowest BCUT2D eigenvalue weighted by Gasteiger charge is -2.42. The summed E-state index contributed by atoms with van der Waals surface area (Å²) in [6.45, 7) is 15.0. The Morgan fingerprint density at radius 1 is 1.19 bits per heavy atom. The molecule has 0 radical (unpaired) electrons. The van der Waals surface area contributed by atoms with Crippen molar-refractivity contribution in [2.75, 3.05) is 19.6 Å². The van der Waals surface area contributed by atoms with Gasteiger partial charge in [-0.2, -0.15) is 0 Å². The third-order valence-corrected chi connectivity index (χ3v) is 5.11. The van der Waals surface area contributed by atoms with Crippen LogP contribution in [0.2, 0.25) is 0 Å². The van der Waals surface area contributed by atoms with E-state index in [1.807, 2.05) is 0 Å². The standard InChI is InChI=1S/C20H34N/c1-5-6-13-21(16-19-10-8-7-9-11-19)14-12-18(2)15-20(3,4)17-21/h7-11,18H,5-6,12-17H2,1-4H3/q+1. The highest BCUT2D eigenvalue weighted by atomic mass is 15.4. The summed E-state index contributed by atoms with van der Waals surface area (Å²) >= 11 is 0. The minimum absolute atomic E-state index is 0.471. The smallest absolute Gasteiger partial charge is 0.104 e. The van der Waals surface area contributed by atoms with Gasteiger partial charge in [0.2, 0.25) is 0 Å². The topological polar surface area (TPSA) is 0 Å². The van der Waals surface area contributed by atoms with E-state index in [1.165, 1.54) is 61.9 Å². The Morgan fingerprint density at radius 3 is 2.57 bits per heavy atom. The Kier molecular flexibility index (Phi) is 5.48. The van der Waals surface area contributed by atoms with Gasteiger partial charge in [-0.25, -0.2) is 0 Å². The highest BCUT2D eigenvalue weighted by Crippen LogP contribution is 2.36. The van der Waals surface area contributed by atoms with E-state index in [-0.39, 0.29) is 0 Å². The fourth-order valence-electron chi connectivity index (χ4n) is 4.46. The number of likely N-dealkylation sites (tertiary alicyclic amines) is 1. The van der Waals surface area contributed by atoms with E-state index in [2.05, 4.69) is 58.0 Å². The highest BCUT2D eigenvalue weighted by molar-refractivity contribution is 5.13. The quantitative estimate of drug-likeness (QED) is 0.648. The van der Waals surface area contributed by atoms with Crippen molar-refractivity contribution >= 4 is 0 Å². The van der Waals surface area contributed by atoms with Crippen LogP contribution in [0.4, 0.5) is 0 Å². The van der Waals surface area contributed by atoms with E-state index in [0.717, 1.165) is 5.92 Å². The summed E-state index contributed by atoms with van der Waals surface area (Å²) in [6.07, 6.45) is 5.44. The molecule has 1 fully saturated rings. The molecule has 0 aromatic heterocycles. The second kappa shape index (κ2) is 6.96. The van der Waals surface area contributed by atoms with Gasteiger partial charge < -0.3 is 4.48 Å². The van der Waals surface area contributed by atoms with Gasteiger partial charge in [-0.15, -0.1) is 0 Å². The van der Waals surface area contributed by atoms with E-state index < -0.39 is 0 Å². The second-order valence-corrected chi connectivity index (χ2v) is 8.21. The van der Waals surface area contributed by atoms with Gasteiger partial charge in [-0.3, -0.25) is 0 Å². The van der Waals surface area contributed by atoms with Crippen LogP contribution in [0.1, 0.15) is 58.9 Å². The molecule has 0 amide bonds. The number of unbranched alkanes of at least 4 members (excludes halogenated alkanes) is 1.